The second kappa shape index (κ2) is 6.09. The number of rotatable bonds is 5. The van der Waals surface area contributed by atoms with Gasteiger partial charge in [-0.1, -0.05) is 99.0 Å². The van der Waals surface area contributed by atoms with Crippen LogP contribution in [-0.2, 0) is 0 Å². The molecule has 4 rings (SSSR count). The lowest BCUT2D eigenvalue weighted by molar-refractivity contribution is 0.308. The van der Waals surface area contributed by atoms with Crippen molar-refractivity contribution in [2.75, 3.05) is 0 Å². The Morgan fingerprint density at radius 1 is 0.958 bits per heavy atom. The molecule has 2 aliphatic rings. The summed E-state index contributed by atoms with van der Waals surface area (Å²) < 4.78 is 0. The second-order valence-corrected chi connectivity index (χ2v) is 7.45. The quantitative estimate of drug-likeness (QED) is 0.564. The molecule has 0 spiro atoms. The van der Waals surface area contributed by atoms with Crippen molar-refractivity contribution in [3.63, 3.8) is 0 Å². The summed E-state index contributed by atoms with van der Waals surface area (Å²) >= 11 is 0. The van der Waals surface area contributed by atoms with Crippen LogP contribution in [0.15, 0.2) is 72.3 Å². The molecule has 0 saturated carbocycles. The first-order valence-electron chi connectivity index (χ1n) is 9.30. The van der Waals surface area contributed by atoms with E-state index >= 15 is 0 Å². The van der Waals surface area contributed by atoms with E-state index < -0.39 is 0 Å². The number of hydrogen-bond donors (Lipinski definition) is 0. The third kappa shape index (κ3) is 2.28. The predicted octanol–water partition coefficient (Wildman–Crippen LogP) is 6.88. The summed E-state index contributed by atoms with van der Waals surface area (Å²) in [5.41, 5.74) is 7.71. The van der Waals surface area contributed by atoms with E-state index in [0.29, 0.717) is 5.92 Å². The molecule has 0 heterocycles. The molecule has 0 N–H and O–H groups in total. The Kier molecular flexibility index (Phi) is 3.92. The number of unbranched alkanes of at least 4 members (excludes halogenated alkanes) is 1. The molecule has 122 valence electrons. The first-order chi connectivity index (χ1) is 11.8. The van der Waals surface area contributed by atoms with Gasteiger partial charge in [-0.3, -0.25) is 0 Å². The van der Waals surface area contributed by atoms with E-state index in [-0.39, 0.29) is 5.41 Å². The lowest BCUT2D eigenvalue weighted by Crippen LogP contribution is -2.27. The summed E-state index contributed by atoms with van der Waals surface area (Å²) in [6.07, 6.45) is 11.8. The van der Waals surface area contributed by atoms with Crippen molar-refractivity contribution < 1.29 is 0 Å². The first kappa shape index (κ1) is 15.4. The van der Waals surface area contributed by atoms with Crippen LogP contribution in [0.3, 0.4) is 0 Å². The van der Waals surface area contributed by atoms with Crippen molar-refractivity contribution in [2.24, 2.45) is 5.41 Å². The zero-order valence-electron chi connectivity index (χ0n) is 14.8. The fourth-order valence-electron chi connectivity index (χ4n) is 4.75. The summed E-state index contributed by atoms with van der Waals surface area (Å²) in [7, 11) is 0. The summed E-state index contributed by atoms with van der Waals surface area (Å²) in [6.45, 7) is 4.81. The minimum atomic E-state index is 0.197. The third-order valence-corrected chi connectivity index (χ3v) is 6.03. The van der Waals surface area contributed by atoms with Gasteiger partial charge in [-0.05, 0) is 40.5 Å². The van der Waals surface area contributed by atoms with Crippen LogP contribution in [0.4, 0.5) is 0 Å². The van der Waals surface area contributed by atoms with Gasteiger partial charge in [0.15, 0.2) is 0 Å². The van der Waals surface area contributed by atoms with Crippen LogP contribution in [0.1, 0.15) is 56.6 Å². The Labute approximate surface area is 145 Å². The second-order valence-electron chi connectivity index (χ2n) is 7.45. The van der Waals surface area contributed by atoms with Gasteiger partial charge in [0.2, 0.25) is 0 Å². The molecule has 1 unspecified atom stereocenters. The van der Waals surface area contributed by atoms with Gasteiger partial charge in [0.25, 0.3) is 0 Å². The largest absolute Gasteiger partial charge is 0.0804 e. The molecule has 0 fully saturated rings. The molecule has 2 aromatic rings. The van der Waals surface area contributed by atoms with Crippen LogP contribution in [0.2, 0.25) is 0 Å². The van der Waals surface area contributed by atoms with Crippen LogP contribution in [-0.4, -0.2) is 0 Å². The summed E-state index contributed by atoms with van der Waals surface area (Å²) in [6, 6.07) is 18.1. The van der Waals surface area contributed by atoms with Gasteiger partial charge in [-0.25, -0.2) is 0 Å². The zero-order valence-corrected chi connectivity index (χ0v) is 14.8. The molecule has 0 radical (unpaired) electrons. The number of hydrogen-bond acceptors (Lipinski definition) is 0. The van der Waals surface area contributed by atoms with E-state index in [1.165, 1.54) is 41.5 Å². The molecule has 2 aromatic carbocycles. The molecule has 0 nitrogen and oxygen atoms in total. The van der Waals surface area contributed by atoms with E-state index in [2.05, 4.69) is 80.6 Å². The minimum Gasteiger partial charge on any atom is -0.0804 e. The molecular weight excluding hydrogens is 288 g/mol. The van der Waals surface area contributed by atoms with E-state index in [1.807, 2.05) is 0 Å². The van der Waals surface area contributed by atoms with Crippen LogP contribution >= 0.6 is 0 Å². The van der Waals surface area contributed by atoms with E-state index in [4.69, 9.17) is 0 Å². The van der Waals surface area contributed by atoms with Gasteiger partial charge in [0, 0.05) is 5.92 Å². The summed E-state index contributed by atoms with van der Waals surface area (Å²) in [5, 5.41) is 0. The average Bonchev–Trinajstić information content (AvgIpc) is 3.26. The van der Waals surface area contributed by atoms with Gasteiger partial charge in [0.1, 0.15) is 0 Å². The van der Waals surface area contributed by atoms with Crippen molar-refractivity contribution in [2.45, 2.75) is 45.4 Å². The standard InChI is InChI=1S/C24H26/c1-3-4-17-24(2,18-11-5-6-12-18)23-21-15-9-7-13-19(21)20-14-8-10-16-22(20)23/h5-11,13-16,23H,3-4,12,17H2,1-2H3. The van der Waals surface area contributed by atoms with Gasteiger partial charge in [0.05, 0.1) is 0 Å². The van der Waals surface area contributed by atoms with Crippen molar-refractivity contribution in [3.8, 4) is 11.1 Å². The van der Waals surface area contributed by atoms with Gasteiger partial charge in [-0.2, -0.15) is 0 Å². The molecule has 0 aliphatic heterocycles. The van der Waals surface area contributed by atoms with E-state index in [9.17, 15) is 0 Å². The first-order valence-corrected chi connectivity index (χ1v) is 9.30. The maximum atomic E-state index is 2.50. The molecule has 2 aliphatic carbocycles. The molecule has 0 bridgehead atoms. The fourth-order valence-corrected chi connectivity index (χ4v) is 4.75. The van der Waals surface area contributed by atoms with E-state index in [0.717, 1.165) is 6.42 Å². The predicted molar refractivity (Wildman–Crippen MR) is 103 cm³/mol. The van der Waals surface area contributed by atoms with Crippen LogP contribution in [0, 0.1) is 5.41 Å². The lowest BCUT2D eigenvalue weighted by atomic mass is 9.64. The fraction of sp³-hybridized carbons (Fsp3) is 0.333. The highest BCUT2D eigenvalue weighted by atomic mass is 14.5. The third-order valence-electron chi connectivity index (χ3n) is 6.03. The Morgan fingerprint density at radius 2 is 1.58 bits per heavy atom. The molecule has 0 heteroatoms. The lowest BCUT2D eigenvalue weighted by Gasteiger charge is -2.39. The highest BCUT2D eigenvalue weighted by molar-refractivity contribution is 5.79. The van der Waals surface area contributed by atoms with Gasteiger partial charge < -0.3 is 0 Å². The van der Waals surface area contributed by atoms with Crippen LogP contribution in [0.25, 0.3) is 11.1 Å². The van der Waals surface area contributed by atoms with Crippen molar-refractivity contribution in [3.05, 3.63) is 83.5 Å². The molecule has 0 saturated heterocycles. The Morgan fingerprint density at radius 3 is 2.12 bits per heavy atom. The van der Waals surface area contributed by atoms with Gasteiger partial charge in [-0.15, -0.1) is 0 Å². The van der Waals surface area contributed by atoms with Crippen molar-refractivity contribution >= 4 is 0 Å². The topological polar surface area (TPSA) is 0 Å². The van der Waals surface area contributed by atoms with Crippen LogP contribution in [0.5, 0.6) is 0 Å². The highest BCUT2D eigenvalue weighted by Gasteiger charge is 2.43. The summed E-state index contributed by atoms with van der Waals surface area (Å²) in [5.74, 6) is 0.475. The Bertz CT molecular complexity index is 763. The monoisotopic (exact) mass is 314 g/mol. The van der Waals surface area contributed by atoms with Crippen molar-refractivity contribution in [1.29, 1.82) is 0 Å². The van der Waals surface area contributed by atoms with E-state index in [1.54, 1.807) is 5.57 Å². The maximum Gasteiger partial charge on any atom is 0.0193 e. The Hall–Kier alpha value is -2.08. The van der Waals surface area contributed by atoms with Crippen LogP contribution < -0.4 is 0 Å². The normalized spacial score (nSPS) is 18.2. The minimum absolute atomic E-state index is 0.197. The SMILES string of the molecule is CCCCC(C)(C1=CC=CC1)C1c2ccccc2-c2ccccc21. The number of fused-ring (bicyclic) bond motifs is 3. The zero-order chi connectivity index (χ0) is 16.6. The molecule has 1 atom stereocenters. The average molecular weight is 314 g/mol. The molecule has 0 amide bonds. The Balaban J connectivity index is 1.89. The molecule has 0 aromatic heterocycles. The van der Waals surface area contributed by atoms with Gasteiger partial charge >= 0.3 is 0 Å². The molecule has 24 heavy (non-hydrogen) atoms. The number of allylic oxidation sites excluding steroid dienone is 4. The highest BCUT2D eigenvalue weighted by Crippen LogP contribution is 2.58. The smallest absolute Gasteiger partial charge is 0.0193 e. The molecular formula is C24H26. The summed E-state index contributed by atoms with van der Waals surface area (Å²) in [4.78, 5) is 0. The maximum absolute atomic E-state index is 2.50. The van der Waals surface area contributed by atoms with Crippen molar-refractivity contribution in [1.82, 2.24) is 0 Å². The number of benzene rings is 2.